The highest BCUT2D eigenvalue weighted by molar-refractivity contribution is 9.10. The monoisotopic (exact) mass is 296 g/mol. The first-order chi connectivity index (χ1) is 8.08. The summed E-state index contributed by atoms with van der Waals surface area (Å²) in [6, 6.07) is 0. The zero-order chi connectivity index (χ0) is 12.4. The Morgan fingerprint density at radius 1 is 1.35 bits per heavy atom. The van der Waals surface area contributed by atoms with E-state index in [-0.39, 0.29) is 0 Å². The number of nitrogens with zero attached hydrogens (tertiary/aromatic N) is 2. The maximum Gasteiger partial charge on any atom is 0.213 e. The van der Waals surface area contributed by atoms with Crippen molar-refractivity contribution in [3.63, 3.8) is 0 Å². The molecule has 0 aromatic carbocycles. The molecule has 3 N–H and O–H groups in total. The van der Waals surface area contributed by atoms with Crippen molar-refractivity contribution in [3.8, 4) is 0 Å². The van der Waals surface area contributed by atoms with Crippen LogP contribution in [0.3, 0.4) is 0 Å². The number of hydrogen-bond acceptors (Lipinski definition) is 5. The number of anilines is 2. The molecule has 0 fully saturated rings. The predicted octanol–water partition coefficient (Wildman–Crippen LogP) is 2.64. The number of aromatic nitrogens is 2. The molecule has 2 aromatic heterocycles. The number of hydrogen-bond donors (Lipinski definition) is 2. The quantitative estimate of drug-likeness (QED) is 0.910. The number of nitrogens with one attached hydrogen (secondary N) is 1. The van der Waals surface area contributed by atoms with Gasteiger partial charge in [0, 0.05) is 0 Å². The van der Waals surface area contributed by atoms with E-state index in [1.54, 1.807) is 12.4 Å². The largest absolute Gasteiger partial charge is 0.444 e. The number of pyridine rings is 1. The SMILES string of the molecule is Cc1cnc(CNc2ncc(N)c(C)c2Br)o1. The average molecular weight is 297 g/mol. The van der Waals surface area contributed by atoms with Crippen LogP contribution in [0, 0.1) is 13.8 Å². The summed E-state index contributed by atoms with van der Waals surface area (Å²) < 4.78 is 6.22. The Hall–Kier alpha value is -1.56. The minimum atomic E-state index is 0.489. The van der Waals surface area contributed by atoms with E-state index < -0.39 is 0 Å². The van der Waals surface area contributed by atoms with Crippen molar-refractivity contribution in [2.75, 3.05) is 11.1 Å². The van der Waals surface area contributed by atoms with Crippen molar-refractivity contribution in [3.05, 3.63) is 34.1 Å². The van der Waals surface area contributed by atoms with Crippen molar-refractivity contribution in [1.29, 1.82) is 0 Å². The summed E-state index contributed by atoms with van der Waals surface area (Å²) in [5, 5.41) is 3.14. The second-order valence-electron chi connectivity index (χ2n) is 3.72. The number of oxazole rings is 1. The van der Waals surface area contributed by atoms with Crippen LogP contribution < -0.4 is 11.1 Å². The molecule has 0 radical (unpaired) electrons. The molecule has 2 rings (SSSR count). The minimum absolute atomic E-state index is 0.489. The number of aryl methyl sites for hydroxylation is 1. The van der Waals surface area contributed by atoms with E-state index in [4.69, 9.17) is 10.2 Å². The Kier molecular flexibility index (Phi) is 3.33. The van der Waals surface area contributed by atoms with E-state index in [0.717, 1.165) is 21.6 Å². The van der Waals surface area contributed by atoms with Gasteiger partial charge in [-0.05, 0) is 35.3 Å². The molecule has 90 valence electrons. The van der Waals surface area contributed by atoms with Gasteiger partial charge in [0.25, 0.3) is 0 Å². The normalized spacial score (nSPS) is 10.5. The van der Waals surface area contributed by atoms with Crippen LogP contribution in [0.2, 0.25) is 0 Å². The fourth-order valence-corrected chi connectivity index (χ4v) is 1.83. The summed E-state index contributed by atoms with van der Waals surface area (Å²) in [7, 11) is 0. The van der Waals surface area contributed by atoms with E-state index in [2.05, 4.69) is 31.2 Å². The molecule has 0 bridgehead atoms. The van der Waals surface area contributed by atoms with Crippen molar-refractivity contribution in [2.45, 2.75) is 20.4 Å². The van der Waals surface area contributed by atoms with Gasteiger partial charge in [-0.25, -0.2) is 9.97 Å². The fraction of sp³-hybridized carbons (Fsp3) is 0.273. The average Bonchev–Trinajstić information content (AvgIpc) is 2.71. The summed E-state index contributed by atoms with van der Waals surface area (Å²) in [5.41, 5.74) is 7.37. The number of nitrogen functional groups attached to an aromatic ring is 1. The Bertz CT molecular complexity index is 538. The maximum atomic E-state index is 5.75. The lowest BCUT2D eigenvalue weighted by molar-refractivity contribution is 0.479. The van der Waals surface area contributed by atoms with Gasteiger partial charge in [-0.2, -0.15) is 0 Å². The zero-order valence-electron chi connectivity index (χ0n) is 9.62. The first-order valence-electron chi connectivity index (χ1n) is 5.13. The lowest BCUT2D eigenvalue weighted by Crippen LogP contribution is -2.04. The molecular weight excluding hydrogens is 284 g/mol. The van der Waals surface area contributed by atoms with Gasteiger partial charge in [0.05, 0.1) is 29.1 Å². The fourth-order valence-electron chi connectivity index (χ4n) is 1.36. The number of rotatable bonds is 3. The molecule has 5 nitrogen and oxygen atoms in total. The van der Waals surface area contributed by atoms with Crippen LogP contribution in [0.5, 0.6) is 0 Å². The summed E-state index contributed by atoms with van der Waals surface area (Å²) in [6.45, 7) is 4.28. The predicted molar refractivity (Wildman–Crippen MR) is 69.7 cm³/mol. The molecule has 0 spiro atoms. The smallest absolute Gasteiger partial charge is 0.213 e. The molecule has 0 amide bonds. The second kappa shape index (κ2) is 4.75. The standard InChI is InChI=1S/C11H13BrN4O/c1-6-3-14-9(17-6)5-16-11-10(12)7(2)8(13)4-15-11/h3-4H,5,13H2,1-2H3,(H,15,16). The van der Waals surface area contributed by atoms with Gasteiger partial charge in [-0.15, -0.1) is 0 Å². The summed E-state index contributed by atoms with van der Waals surface area (Å²) in [5.74, 6) is 2.15. The first-order valence-corrected chi connectivity index (χ1v) is 5.93. The lowest BCUT2D eigenvalue weighted by Gasteiger charge is -2.09. The molecule has 2 heterocycles. The molecule has 0 atom stereocenters. The van der Waals surface area contributed by atoms with Crippen molar-refractivity contribution < 1.29 is 4.42 Å². The molecule has 0 saturated heterocycles. The second-order valence-corrected chi connectivity index (χ2v) is 4.51. The topological polar surface area (TPSA) is 77.0 Å². The summed E-state index contributed by atoms with van der Waals surface area (Å²) in [4.78, 5) is 8.31. The number of halogens is 1. The molecule has 0 aliphatic heterocycles. The van der Waals surface area contributed by atoms with Crippen molar-refractivity contribution >= 4 is 27.4 Å². The summed E-state index contributed by atoms with van der Waals surface area (Å²) >= 11 is 3.45. The third-order valence-corrected chi connectivity index (χ3v) is 3.35. The molecule has 17 heavy (non-hydrogen) atoms. The van der Waals surface area contributed by atoms with Crippen LogP contribution in [0.25, 0.3) is 0 Å². The van der Waals surface area contributed by atoms with E-state index in [1.165, 1.54) is 0 Å². The highest BCUT2D eigenvalue weighted by Gasteiger charge is 2.08. The van der Waals surface area contributed by atoms with E-state index in [0.29, 0.717) is 18.1 Å². The van der Waals surface area contributed by atoms with E-state index >= 15 is 0 Å². The Morgan fingerprint density at radius 3 is 2.76 bits per heavy atom. The van der Waals surface area contributed by atoms with Crippen molar-refractivity contribution in [1.82, 2.24) is 9.97 Å². The highest BCUT2D eigenvalue weighted by atomic mass is 79.9. The number of nitrogens with two attached hydrogens (primary N) is 1. The minimum Gasteiger partial charge on any atom is -0.444 e. The molecule has 6 heteroatoms. The van der Waals surface area contributed by atoms with Gasteiger partial charge in [0.15, 0.2) is 0 Å². The molecule has 0 saturated carbocycles. The lowest BCUT2D eigenvalue weighted by atomic mass is 10.2. The van der Waals surface area contributed by atoms with E-state index in [1.807, 2.05) is 13.8 Å². The van der Waals surface area contributed by atoms with Crippen LogP contribution >= 0.6 is 15.9 Å². The van der Waals surface area contributed by atoms with Gasteiger partial charge < -0.3 is 15.5 Å². The molecule has 0 aliphatic rings. The van der Waals surface area contributed by atoms with Gasteiger partial charge in [0.1, 0.15) is 11.6 Å². The van der Waals surface area contributed by atoms with Crippen LogP contribution in [0.15, 0.2) is 21.3 Å². The maximum absolute atomic E-state index is 5.75. The third-order valence-electron chi connectivity index (χ3n) is 2.38. The highest BCUT2D eigenvalue weighted by Crippen LogP contribution is 2.27. The van der Waals surface area contributed by atoms with Gasteiger partial charge in [-0.3, -0.25) is 0 Å². The van der Waals surface area contributed by atoms with Gasteiger partial charge in [-0.1, -0.05) is 0 Å². The molecular formula is C11H13BrN4O. The Balaban J connectivity index is 2.12. The van der Waals surface area contributed by atoms with Crippen LogP contribution in [-0.4, -0.2) is 9.97 Å². The summed E-state index contributed by atoms with van der Waals surface area (Å²) in [6.07, 6.45) is 3.32. The molecule has 2 aromatic rings. The van der Waals surface area contributed by atoms with Gasteiger partial charge >= 0.3 is 0 Å². The van der Waals surface area contributed by atoms with Crippen molar-refractivity contribution in [2.24, 2.45) is 0 Å². The first kappa shape index (κ1) is 11.9. The molecule has 0 unspecified atom stereocenters. The van der Waals surface area contributed by atoms with Gasteiger partial charge in [0.2, 0.25) is 5.89 Å². The molecule has 0 aliphatic carbocycles. The Labute approximate surface area is 108 Å². The van der Waals surface area contributed by atoms with E-state index in [9.17, 15) is 0 Å². The van der Waals surface area contributed by atoms with Crippen LogP contribution in [-0.2, 0) is 6.54 Å². The van der Waals surface area contributed by atoms with Crippen LogP contribution in [0.1, 0.15) is 17.2 Å². The zero-order valence-corrected chi connectivity index (χ0v) is 11.2. The third kappa shape index (κ3) is 2.58. The Morgan fingerprint density at radius 2 is 2.12 bits per heavy atom. The van der Waals surface area contributed by atoms with Crippen LogP contribution in [0.4, 0.5) is 11.5 Å².